The first-order valence-electron chi connectivity index (χ1n) is 9.93. The Balaban J connectivity index is 1.27. The van der Waals surface area contributed by atoms with E-state index in [1.165, 1.54) is 24.2 Å². The van der Waals surface area contributed by atoms with E-state index >= 15 is 0 Å². The lowest BCUT2D eigenvalue weighted by Gasteiger charge is -2.29. The van der Waals surface area contributed by atoms with Gasteiger partial charge < -0.3 is 5.32 Å². The highest BCUT2D eigenvalue weighted by atomic mass is 32.1. The van der Waals surface area contributed by atoms with Gasteiger partial charge in [0.15, 0.2) is 5.13 Å². The molecule has 0 atom stereocenters. The van der Waals surface area contributed by atoms with E-state index in [2.05, 4.69) is 22.1 Å². The number of thiazole rings is 1. The molecule has 0 radical (unpaired) electrons. The minimum absolute atomic E-state index is 0.0460. The largest absolute Gasteiger partial charge is 0.302 e. The van der Waals surface area contributed by atoms with Gasteiger partial charge in [-0.05, 0) is 44.0 Å². The molecule has 3 heterocycles. The maximum atomic E-state index is 12.3. The summed E-state index contributed by atoms with van der Waals surface area (Å²) >= 11 is 1.40. The Labute approximate surface area is 173 Å². The number of imide groups is 1. The summed E-state index contributed by atoms with van der Waals surface area (Å²) in [7, 11) is 0. The summed E-state index contributed by atoms with van der Waals surface area (Å²) in [6, 6.07) is 6.72. The van der Waals surface area contributed by atoms with Crippen LogP contribution in [0, 0.1) is 5.92 Å². The zero-order valence-corrected chi connectivity index (χ0v) is 17.2. The maximum Gasteiger partial charge on any atom is 0.261 e. The minimum atomic E-state index is -0.342. The quantitative estimate of drug-likeness (QED) is 0.738. The van der Waals surface area contributed by atoms with Gasteiger partial charge in [0.25, 0.3) is 11.8 Å². The average Bonchev–Trinajstić information content (AvgIpc) is 3.25. The van der Waals surface area contributed by atoms with E-state index in [1.54, 1.807) is 24.3 Å². The van der Waals surface area contributed by atoms with Crippen molar-refractivity contribution in [2.45, 2.75) is 32.7 Å². The number of nitrogens with zero attached hydrogens (tertiary/aromatic N) is 3. The molecule has 3 amide bonds. The molecule has 0 bridgehead atoms. The number of carbonyl (C=O) groups is 3. The van der Waals surface area contributed by atoms with E-state index in [-0.39, 0.29) is 30.7 Å². The lowest BCUT2D eigenvalue weighted by Crippen LogP contribution is -2.33. The molecular formula is C21H24N4O3S. The molecule has 1 saturated heterocycles. The van der Waals surface area contributed by atoms with Crippen LogP contribution in [0.4, 0.5) is 5.13 Å². The second-order valence-corrected chi connectivity index (χ2v) is 8.57. The predicted octanol–water partition coefficient (Wildman–Crippen LogP) is 3.00. The van der Waals surface area contributed by atoms with Crippen molar-refractivity contribution in [3.63, 3.8) is 0 Å². The summed E-state index contributed by atoms with van der Waals surface area (Å²) in [5.41, 5.74) is 1.75. The molecule has 0 saturated carbocycles. The monoisotopic (exact) mass is 412 g/mol. The van der Waals surface area contributed by atoms with Gasteiger partial charge in [-0.3, -0.25) is 24.2 Å². The van der Waals surface area contributed by atoms with Crippen molar-refractivity contribution in [2.24, 2.45) is 5.92 Å². The summed E-state index contributed by atoms with van der Waals surface area (Å²) in [6.07, 6.45) is 2.47. The molecule has 7 nitrogen and oxygen atoms in total. The van der Waals surface area contributed by atoms with Crippen LogP contribution in [-0.4, -0.2) is 52.1 Å². The van der Waals surface area contributed by atoms with Gasteiger partial charge in [0, 0.05) is 24.9 Å². The van der Waals surface area contributed by atoms with E-state index in [0.29, 0.717) is 16.3 Å². The lowest BCUT2D eigenvalue weighted by molar-refractivity contribution is -0.116. The summed E-state index contributed by atoms with van der Waals surface area (Å²) < 4.78 is 0. The number of rotatable bonds is 6. The van der Waals surface area contributed by atoms with E-state index in [0.717, 1.165) is 36.1 Å². The molecule has 1 N–H and O–H groups in total. The molecule has 8 heteroatoms. The fraction of sp³-hybridized carbons (Fsp3) is 0.429. The zero-order valence-electron chi connectivity index (χ0n) is 16.4. The Morgan fingerprint density at radius 2 is 1.83 bits per heavy atom. The van der Waals surface area contributed by atoms with Gasteiger partial charge in [-0.2, -0.15) is 0 Å². The Kier molecular flexibility index (Phi) is 5.73. The van der Waals surface area contributed by atoms with Crippen LogP contribution in [0.2, 0.25) is 0 Å². The van der Waals surface area contributed by atoms with Crippen molar-refractivity contribution >= 4 is 34.2 Å². The molecule has 2 aliphatic heterocycles. The third-order valence-electron chi connectivity index (χ3n) is 5.50. The molecule has 1 fully saturated rings. The third-order valence-corrected chi connectivity index (χ3v) is 6.31. The zero-order chi connectivity index (χ0) is 20.4. The fourth-order valence-corrected chi connectivity index (χ4v) is 4.44. The molecule has 0 aliphatic carbocycles. The van der Waals surface area contributed by atoms with Crippen LogP contribution in [0.5, 0.6) is 0 Å². The first-order chi connectivity index (χ1) is 14.0. The summed E-state index contributed by atoms with van der Waals surface area (Å²) in [4.78, 5) is 45.0. The molecule has 0 spiro atoms. The van der Waals surface area contributed by atoms with Gasteiger partial charge in [-0.1, -0.05) is 19.1 Å². The predicted molar refractivity (Wildman–Crippen MR) is 111 cm³/mol. The number of carbonyl (C=O) groups excluding carboxylic acids is 3. The number of amides is 3. The molecule has 1 aromatic carbocycles. The number of nitrogens with one attached hydrogen (secondary N) is 1. The molecule has 4 rings (SSSR count). The van der Waals surface area contributed by atoms with Gasteiger partial charge in [0.05, 0.1) is 16.8 Å². The third kappa shape index (κ3) is 4.38. The van der Waals surface area contributed by atoms with Crippen LogP contribution in [0.25, 0.3) is 0 Å². The van der Waals surface area contributed by atoms with Gasteiger partial charge >= 0.3 is 0 Å². The van der Waals surface area contributed by atoms with E-state index in [9.17, 15) is 14.4 Å². The SMILES string of the molecule is CC1CCN(Cc2csc(NC(=O)CCN3C(=O)c4ccccc4C3=O)n2)CC1. The Morgan fingerprint density at radius 1 is 1.17 bits per heavy atom. The van der Waals surface area contributed by atoms with E-state index in [1.807, 2.05) is 5.38 Å². The number of hydrogen-bond donors (Lipinski definition) is 1. The normalized spacial score (nSPS) is 17.6. The van der Waals surface area contributed by atoms with Gasteiger partial charge in [0.1, 0.15) is 0 Å². The number of anilines is 1. The smallest absolute Gasteiger partial charge is 0.261 e. The highest BCUT2D eigenvalue weighted by molar-refractivity contribution is 7.13. The topological polar surface area (TPSA) is 82.6 Å². The van der Waals surface area contributed by atoms with Crippen molar-refractivity contribution in [2.75, 3.05) is 25.0 Å². The fourth-order valence-electron chi connectivity index (χ4n) is 3.72. The van der Waals surface area contributed by atoms with Crippen molar-refractivity contribution in [3.05, 3.63) is 46.5 Å². The minimum Gasteiger partial charge on any atom is -0.302 e. The van der Waals surface area contributed by atoms with Crippen LogP contribution < -0.4 is 5.32 Å². The first kappa shape index (κ1) is 19.7. The average molecular weight is 413 g/mol. The number of hydrogen-bond acceptors (Lipinski definition) is 6. The van der Waals surface area contributed by atoms with Gasteiger partial charge in [-0.25, -0.2) is 4.98 Å². The van der Waals surface area contributed by atoms with Crippen LogP contribution in [0.1, 0.15) is 52.6 Å². The Morgan fingerprint density at radius 3 is 2.48 bits per heavy atom. The van der Waals surface area contributed by atoms with Crippen LogP contribution in [0.3, 0.4) is 0 Å². The Hall–Kier alpha value is -2.58. The summed E-state index contributed by atoms with van der Waals surface area (Å²) in [5, 5.41) is 5.31. The molecule has 152 valence electrons. The molecular weight excluding hydrogens is 388 g/mol. The van der Waals surface area contributed by atoms with Gasteiger partial charge in [0.2, 0.25) is 5.91 Å². The van der Waals surface area contributed by atoms with Crippen LogP contribution >= 0.6 is 11.3 Å². The lowest BCUT2D eigenvalue weighted by atomic mass is 9.99. The number of likely N-dealkylation sites (tertiary alicyclic amines) is 1. The molecule has 0 unspecified atom stereocenters. The van der Waals surface area contributed by atoms with E-state index in [4.69, 9.17) is 0 Å². The molecule has 29 heavy (non-hydrogen) atoms. The number of piperidine rings is 1. The highest BCUT2D eigenvalue weighted by Crippen LogP contribution is 2.23. The van der Waals surface area contributed by atoms with Crippen molar-refractivity contribution in [1.82, 2.24) is 14.8 Å². The van der Waals surface area contributed by atoms with Crippen molar-refractivity contribution in [1.29, 1.82) is 0 Å². The number of aromatic nitrogens is 1. The number of fused-ring (bicyclic) bond motifs is 1. The molecule has 2 aliphatic rings. The van der Waals surface area contributed by atoms with Gasteiger partial charge in [-0.15, -0.1) is 11.3 Å². The molecule has 2 aromatic rings. The highest BCUT2D eigenvalue weighted by Gasteiger charge is 2.35. The van der Waals surface area contributed by atoms with E-state index < -0.39 is 0 Å². The second-order valence-electron chi connectivity index (χ2n) is 7.71. The summed E-state index contributed by atoms with van der Waals surface area (Å²) in [5.74, 6) is -0.149. The second kappa shape index (κ2) is 8.42. The van der Waals surface area contributed by atoms with Crippen molar-refractivity contribution < 1.29 is 14.4 Å². The van der Waals surface area contributed by atoms with Crippen LogP contribution in [0.15, 0.2) is 29.6 Å². The first-order valence-corrected chi connectivity index (χ1v) is 10.8. The Bertz CT molecular complexity index is 899. The number of benzene rings is 1. The maximum absolute atomic E-state index is 12.3. The van der Waals surface area contributed by atoms with Crippen LogP contribution in [-0.2, 0) is 11.3 Å². The molecule has 1 aromatic heterocycles. The van der Waals surface area contributed by atoms with Crippen molar-refractivity contribution in [3.8, 4) is 0 Å². The standard InChI is InChI=1S/C21H24N4O3S/c1-14-6-9-24(10-7-14)12-15-13-29-21(22-15)23-18(26)8-11-25-19(27)16-4-2-3-5-17(16)20(25)28/h2-5,13-14H,6-12H2,1H3,(H,22,23,26). The summed E-state index contributed by atoms with van der Waals surface area (Å²) in [6.45, 7) is 5.31.